The van der Waals surface area contributed by atoms with Crippen LogP contribution in [0.3, 0.4) is 0 Å². The van der Waals surface area contributed by atoms with Gasteiger partial charge in [0.25, 0.3) is 0 Å². The summed E-state index contributed by atoms with van der Waals surface area (Å²) in [6.45, 7) is 2.51. The maximum atomic E-state index is 14.3. The van der Waals surface area contributed by atoms with E-state index >= 15 is 0 Å². The summed E-state index contributed by atoms with van der Waals surface area (Å²) >= 11 is 6.95. The van der Waals surface area contributed by atoms with Gasteiger partial charge in [-0.2, -0.15) is 9.40 Å². The first-order chi connectivity index (χ1) is 21.5. The molecule has 236 valence electrons. The van der Waals surface area contributed by atoms with Gasteiger partial charge in [-0.05, 0) is 49.4 Å². The zero-order valence-electron chi connectivity index (χ0n) is 25.3. The van der Waals surface area contributed by atoms with Crippen molar-refractivity contribution >= 4 is 49.3 Å². The zero-order valence-corrected chi connectivity index (χ0v) is 26.9. The number of ether oxygens (including phenoxy) is 1. The minimum Gasteiger partial charge on any atom is -0.493 e. The molecule has 0 amide bonds. The van der Waals surface area contributed by atoms with Gasteiger partial charge >= 0.3 is 5.97 Å². The van der Waals surface area contributed by atoms with Crippen LogP contribution in [0.25, 0.3) is 32.8 Å². The van der Waals surface area contributed by atoms with E-state index in [4.69, 9.17) is 21.4 Å². The molecule has 0 unspecified atom stereocenters. The molecule has 0 bridgehead atoms. The number of halogens is 2. The highest BCUT2D eigenvalue weighted by Gasteiger charge is 2.31. The first-order valence-electron chi connectivity index (χ1n) is 14.9. The van der Waals surface area contributed by atoms with Crippen LogP contribution in [0.2, 0.25) is 5.02 Å². The van der Waals surface area contributed by atoms with E-state index in [9.17, 15) is 22.7 Å². The minimum absolute atomic E-state index is 0.0625. The van der Waals surface area contributed by atoms with E-state index in [2.05, 4.69) is 0 Å². The summed E-state index contributed by atoms with van der Waals surface area (Å²) in [5, 5.41) is 17.6. The van der Waals surface area contributed by atoms with E-state index in [-0.39, 0.29) is 43.4 Å². The van der Waals surface area contributed by atoms with Gasteiger partial charge in [-0.25, -0.2) is 17.6 Å². The van der Waals surface area contributed by atoms with Gasteiger partial charge in [0.15, 0.2) is 0 Å². The van der Waals surface area contributed by atoms with Crippen molar-refractivity contribution in [3.8, 4) is 16.9 Å². The van der Waals surface area contributed by atoms with Crippen LogP contribution in [0.15, 0.2) is 48.5 Å². The molecule has 0 fully saturated rings. The van der Waals surface area contributed by atoms with Crippen LogP contribution in [0, 0.1) is 5.82 Å². The number of carbonyl (C=O) groups is 1. The summed E-state index contributed by atoms with van der Waals surface area (Å²) in [6.07, 6.45) is 1.69. The molecule has 1 aliphatic heterocycles. The fourth-order valence-corrected chi connectivity index (χ4v) is 7.91. The lowest BCUT2D eigenvalue weighted by molar-refractivity contribution is 0.0684. The maximum Gasteiger partial charge on any atom is 0.352 e. The summed E-state index contributed by atoms with van der Waals surface area (Å²) in [5.41, 5.74) is 4.21. The molecule has 45 heavy (non-hydrogen) atoms. The lowest BCUT2D eigenvalue weighted by Crippen LogP contribution is -2.29. The molecular weight excluding hydrogens is 619 g/mol. The number of fused-ring (bicyclic) bond motifs is 3. The van der Waals surface area contributed by atoms with E-state index in [1.54, 1.807) is 39.6 Å². The number of nitrogens with zero attached hydrogens (tertiary/aromatic N) is 4. The summed E-state index contributed by atoms with van der Waals surface area (Å²) in [5.74, 6) is -1.02. The Kier molecular flexibility index (Phi) is 8.36. The van der Waals surface area contributed by atoms with E-state index in [1.165, 1.54) is 17.4 Å². The third-order valence-electron chi connectivity index (χ3n) is 8.59. The summed E-state index contributed by atoms with van der Waals surface area (Å²) in [6, 6.07) is 13.7. The van der Waals surface area contributed by atoms with Gasteiger partial charge in [0.2, 0.25) is 10.0 Å². The Hall–Kier alpha value is -3.93. The molecule has 5 aromatic rings. The molecule has 0 saturated carbocycles. The second-order valence-electron chi connectivity index (χ2n) is 11.3. The predicted molar refractivity (Wildman–Crippen MR) is 173 cm³/mol. The number of sulfonamides is 1. The number of aromatic carboxylic acids is 1. The van der Waals surface area contributed by atoms with Crippen LogP contribution in [0.5, 0.6) is 5.75 Å². The van der Waals surface area contributed by atoms with Crippen molar-refractivity contribution in [1.82, 2.24) is 18.7 Å². The SMILES string of the molecule is CCc1c2c(nn1C)CN(C)S(=O)(=O)CCCn1c(C(=O)O)c(CCCOc3ccc(F)c4ccccc34)c3ccc(Cl)c-2c31. The molecule has 12 heteroatoms. The van der Waals surface area contributed by atoms with Crippen molar-refractivity contribution in [3.05, 3.63) is 82.0 Å². The van der Waals surface area contributed by atoms with Crippen molar-refractivity contribution < 1.29 is 27.4 Å². The lowest BCUT2D eigenvalue weighted by Gasteiger charge is -2.16. The predicted octanol–water partition coefficient (Wildman–Crippen LogP) is 6.43. The highest BCUT2D eigenvalue weighted by Crippen LogP contribution is 2.43. The van der Waals surface area contributed by atoms with Crippen molar-refractivity contribution in [2.75, 3.05) is 19.4 Å². The molecule has 1 aliphatic rings. The van der Waals surface area contributed by atoms with Gasteiger partial charge < -0.3 is 14.4 Å². The standard InChI is InChI=1S/C33H34ClFN4O5S/c1-4-27-30-26(36-38(27)3)19-37(2)45(42,43)18-8-16-39-31-23(12-13-24(34)29(30)31)22(32(39)33(40)41)11-7-17-44-28-15-14-25(35)20-9-5-6-10-21(20)28/h5-6,9-10,12-15H,4,7-8,11,16-19H2,1-3H3,(H,40,41). The van der Waals surface area contributed by atoms with Crippen LogP contribution in [0.1, 0.15) is 47.2 Å². The lowest BCUT2D eigenvalue weighted by atomic mass is 9.97. The molecule has 1 N–H and O–H groups in total. The molecule has 2 aromatic heterocycles. The van der Waals surface area contributed by atoms with Gasteiger partial charge in [-0.1, -0.05) is 48.9 Å². The largest absolute Gasteiger partial charge is 0.493 e. The van der Waals surface area contributed by atoms with Crippen LogP contribution in [-0.2, 0) is 43.0 Å². The van der Waals surface area contributed by atoms with E-state index < -0.39 is 16.0 Å². The average molecular weight is 653 g/mol. The highest BCUT2D eigenvalue weighted by molar-refractivity contribution is 7.89. The molecular formula is C33H34ClFN4O5S. The number of aryl methyl sites for hydroxylation is 3. The Morgan fingerprint density at radius 3 is 2.56 bits per heavy atom. The van der Waals surface area contributed by atoms with Gasteiger partial charge in [-0.3, -0.25) is 4.68 Å². The number of carboxylic acids is 1. The third-order valence-corrected chi connectivity index (χ3v) is 10.8. The first-order valence-corrected chi connectivity index (χ1v) is 16.9. The normalized spacial score (nSPS) is 15.2. The van der Waals surface area contributed by atoms with E-state index in [1.807, 2.05) is 26.1 Å². The molecule has 9 nitrogen and oxygen atoms in total. The van der Waals surface area contributed by atoms with Gasteiger partial charge in [0.05, 0.1) is 35.1 Å². The Morgan fingerprint density at radius 2 is 1.82 bits per heavy atom. The molecule has 0 radical (unpaired) electrons. The van der Waals surface area contributed by atoms with Crippen LogP contribution in [0.4, 0.5) is 4.39 Å². The van der Waals surface area contributed by atoms with Crippen LogP contribution >= 0.6 is 11.6 Å². The van der Waals surface area contributed by atoms with Gasteiger partial charge in [0.1, 0.15) is 17.3 Å². The molecule has 3 aromatic carbocycles. The van der Waals surface area contributed by atoms with Crippen molar-refractivity contribution in [1.29, 1.82) is 0 Å². The minimum atomic E-state index is -3.63. The van der Waals surface area contributed by atoms with Crippen LogP contribution in [-0.4, -0.2) is 57.6 Å². The number of hydrogen-bond donors (Lipinski definition) is 1. The van der Waals surface area contributed by atoms with E-state index in [0.717, 1.165) is 16.6 Å². The van der Waals surface area contributed by atoms with Crippen LogP contribution < -0.4 is 4.74 Å². The first kappa shape index (κ1) is 31.1. The summed E-state index contributed by atoms with van der Waals surface area (Å²) in [7, 11) is -0.279. The van der Waals surface area contributed by atoms with Crippen molar-refractivity contribution in [2.45, 2.75) is 45.7 Å². The second kappa shape index (κ2) is 12.1. The van der Waals surface area contributed by atoms with Gasteiger partial charge in [0, 0.05) is 53.6 Å². The smallest absolute Gasteiger partial charge is 0.352 e. The molecule has 0 atom stereocenters. The highest BCUT2D eigenvalue weighted by atomic mass is 35.5. The van der Waals surface area contributed by atoms with Crippen molar-refractivity contribution in [2.24, 2.45) is 7.05 Å². The number of benzene rings is 3. The molecule has 0 aliphatic carbocycles. The summed E-state index contributed by atoms with van der Waals surface area (Å²) in [4.78, 5) is 12.9. The monoisotopic (exact) mass is 652 g/mol. The topological polar surface area (TPSA) is 107 Å². The third kappa shape index (κ3) is 5.47. The number of carboxylic acid groups (broad SMARTS) is 1. The molecule has 0 saturated heterocycles. The molecule has 0 spiro atoms. The summed E-state index contributed by atoms with van der Waals surface area (Å²) < 4.78 is 51.6. The Morgan fingerprint density at radius 1 is 1.07 bits per heavy atom. The van der Waals surface area contributed by atoms with E-state index in [0.29, 0.717) is 63.1 Å². The van der Waals surface area contributed by atoms with Gasteiger partial charge in [-0.15, -0.1) is 0 Å². The number of aromatic nitrogens is 3. The molecule has 3 heterocycles. The zero-order chi connectivity index (χ0) is 32.0. The number of hydrogen-bond acceptors (Lipinski definition) is 5. The fourth-order valence-electron chi connectivity index (χ4n) is 6.54. The maximum absolute atomic E-state index is 14.3. The molecule has 6 rings (SSSR count). The average Bonchev–Trinajstić information content (AvgIpc) is 3.48. The fraction of sp³-hybridized carbons (Fsp3) is 0.333. The second-order valence-corrected chi connectivity index (χ2v) is 13.9. The van der Waals surface area contributed by atoms with Crippen molar-refractivity contribution in [3.63, 3.8) is 0 Å². The number of rotatable bonds is 7. The Bertz CT molecular complexity index is 2070. The Balaban J connectivity index is 1.46. The quantitative estimate of drug-likeness (QED) is 0.203. The Labute approximate surface area is 265 Å².